The molecule has 2 aromatic carbocycles. The lowest BCUT2D eigenvalue weighted by Gasteiger charge is -2.13. The molecule has 3 nitrogen and oxygen atoms in total. The second-order valence-corrected chi connectivity index (χ2v) is 7.34. The predicted octanol–water partition coefficient (Wildman–Crippen LogP) is 5.52. The van der Waals surface area contributed by atoms with E-state index in [1.54, 1.807) is 11.3 Å². The molecule has 128 valence electrons. The smallest absolute Gasteiger partial charge is 0.139 e. The van der Waals surface area contributed by atoms with E-state index in [1.165, 1.54) is 10.4 Å². The number of hydrogen-bond donors (Lipinski definition) is 0. The highest BCUT2D eigenvalue weighted by Crippen LogP contribution is 2.49. The molecule has 0 aliphatic carbocycles. The zero-order valence-electron chi connectivity index (χ0n) is 14.5. The van der Waals surface area contributed by atoms with Crippen LogP contribution in [0.5, 0.6) is 17.2 Å². The van der Waals surface area contributed by atoms with E-state index in [-0.39, 0.29) is 0 Å². The zero-order valence-corrected chi connectivity index (χ0v) is 15.3. The fraction of sp³-hybridized carbons (Fsp3) is 0.238. The topological polar surface area (TPSA) is 21.7 Å². The first-order valence-electron chi connectivity index (χ1n) is 8.49. The van der Waals surface area contributed by atoms with E-state index < -0.39 is 0 Å². The van der Waals surface area contributed by atoms with Gasteiger partial charge >= 0.3 is 0 Å². The quantitative estimate of drug-likeness (QED) is 0.442. The van der Waals surface area contributed by atoms with E-state index in [0.717, 1.165) is 41.3 Å². The van der Waals surface area contributed by atoms with Gasteiger partial charge in [-0.2, -0.15) is 0 Å². The van der Waals surface area contributed by atoms with Crippen LogP contribution in [0.3, 0.4) is 0 Å². The van der Waals surface area contributed by atoms with Gasteiger partial charge in [0.2, 0.25) is 0 Å². The molecule has 3 aromatic rings. The molecule has 1 aliphatic heterocycles. The molecule has 0 radical (unpaired) electrons. The van der Waals surface area contributed by atoms with Crippen molar-refractivity contribution in [3.8, 4) is 38.8 Å². The van der Waals surface area contributed by atoms with Gasteiger partial charge in [0.15, 0.2) is 0 Å². The van der Waals surface area contributed by atoms with Gasteiger partial charge < -0.3 is 14.4 Å². The van der Waals surface area contributed by atoms with Crippen LogP contribution in [0.4, 0.5) is 0 Å². The minimum absolute atomic E-state index is 0.706. The third-order valence-corrected chi connectivity index (χ3v) is 5.23. The van der Waals surface area contributed by atoms with Crippen LogP contribution in [0.15, 0.2) is 53.9 Å². The Kier molecular flexibility index (Phi) is 4.47. The molecule has 0 amide bonds. The van der Waals surface area contributed by atoms with Gasteiger partial charge in [0.25, 0.3) is 0 Å². The van der Waals surface area contributed by atoms with Crippen LogP contribution in [0.2, 0.25) is 0 Å². The van der Waals surface area contributed by atoms with Crippen LogP contribution < -0.4 is 9.47 Å². The molecule has 0 N–H and O–H groups in total. The summed E-state index contributed by atoms with van der Waals surface area (Å²) in [6.07, 6.45) is 1.00. The SMILES string of the molecule is CN(C)CCCOc1ccc2c(c1)Oc1ccccc1-c1ccsc1-2. The molecular formula is C21H21NO2S. The molecule has 1 aromatic heterocycles. The highest BCUT2D eigenvalue weighted by atomic mass is 32.1. The molecule has 0 saturated carbocycles. The van der Waals surface area contributed by atoms with Gasteiger partial charge in [-0.3, -0.25) is 0 Å². The summed E-state index contributed by atoms with van der Waals surface area (Å²) in [5, 5.41) is 2.14. The van der Waals surface area contributed by atoms with Crippen molar-refractivity contribution >= 4 is 11.3 Å². The van der Waals surface area contributed by atoms with Gasteiger partial charge in [-0.15, -0.1) is 11.3 Å². The van der Waals surface area contributed by atoms with Crippen molar-refractivity contribution in [1.29, 1.82) is 0 Å². The van der Waals surface area contributed by atoms with Crippen molar-refractivity contribution < 1.29 is 9.47 Å². The first-order chi connectivity index (χ1) is 12.2. The summed E-state index contributed by atoms with van der Waals surface area (Å²) in [5.74, 6) is 2.61. The van der Waals surface area contributed by atoms with Crippen LogP contribution in [-0.4, -0.2) is 32.1 Å². The number of para-hydroxylation sites is 1. The van der Waals surface area contributed by atoms with E-state index >= 15 is 0 Å². The van der Waals surface area contributed by atoms with Crippen molar-refractivity contribution in [3.63, 3.8) is 0 Å². The lowest BCUT2D eigenvalue weighted by molar-refractivity contribution is 0.281. The van der Waals surface area contributed by atoms with E-state index in [0.29, 0.717) is 6.61 Å². The first kappa shape index (κ1) is 16.2. The Hall–Kier alpha value is -2.30. The summed E-state index contributed by atoms with van der Waals surface area (Å²) in [6, 6.07) is 16.5. The van der Waals surface area contributed by atoms with Crippen molar-refractivity contribution in [2.24, 2.45) is 0 Å². The number of benzene rings is 2. The second-order valence-electron chi connectivity index (χ2n) is 6.42. The predicted molar refractivity (Wildman–Crippen MR) is 104 cm³/mol. The molecule has 0 unspecified atom stereocenters. The van der Waals surface area contributed by atoms with Gasteiger partial charge in [-0.1, -0.05) is 18.2 Å². The summed E-state index contributed by atoms with van der Waals surface area (Å²) >= 11 is 1.75. The van der Waals surface area contributed by atoms with Gasteiger partial charge in [0.05, 0.1) is 6.61 Å². The molecule has 0 fully saturated rings. The lowest BCUT2D eigenvalue weighted by atomic mass is 10.0. The summed E-state index contributed by atoms with van der Waals surface area (Å²) in [6.45, 7) is 1.73. The van der Waals surface area contributed by atoms with Crippen molar-refractivity contribution in [2.75, 3.05) is 27.2 Å². The fourth-order valence-electron chi connectivity index (χ4n) is 3.06. The molecule has 0 spiro atoms. The van der Waals surface area contributed by atoms with Crippen LogP contribution in [-0.2, 0) is 0 Å². The van der Waals surface area contributed by atoms with E-state index in [4.69, 9.17) is 9.47 Å². The molecular weight excluding hydrogens is 330 g/mol. The average Bonchev–Trinajstić information content (AvgIpc) is 3.04. The standard InChI is InChI=1S/C21H21NO2S/c1-22(2)11-5-12-23-15-8-9-18-20(14-15)24-19-7-4-3-6-16(19)17-10-13-25-21(17)18/h3-4,6-10,13-14H,5,11-12H2,1-2H3. The maximum absolute atomic E-state index is 6.25. The van der Waals surface area contributed by atoms with Gasteiger partial charge in [-0.05, 0) is 50.2 Å². The Balaban J connectivity index is 1.65. The van der Waals surface area contributed by atoms with Crippen molar-refractivity contribution in [2.45, 2.75) is 6.42 Å². The molecule has 2 heterocycles. The van der Waals surface area contributed by atoms with E-state index in [1.807, 2.05) is 24.3 Å². The number of fused-ring (bicyclic) bond motifs is 5. The van der Waals surface area contributed by atoms with Crippen LogP contribution in [0, 0.1) is 0 Å². The maximum atomic E-state index is 6.25. The van der Waals surface area contributed by atoms with Gasteiger partial charge in [0, 0.05) is 34.2 Å². The molecule has 1 aliphatic rings. The molecule has 25 heavy (non-hydrogen) atoms. The van der Waals surface area contributed by atoms with Crippen LogP contribution >= 0.6 is 11.3 Å². The fourth-order valence-corrected chi connectivity index (χ4v) is 4.00. The number of hydrogen-bond acceptors (Lipinski definition) is 4. The minimum atomic E-state index is 0.706. The third-order valence-electron chi connectivity index (χ3n) is 4.28. The Morgan fingerprint density at radius 1 is 0.960 bits per heavy atom. The molecule has 4 heteroatoms. The zero-order chi connectivity index (χ0) is 17.2. The Morgan fingerprint density at radius 2 is 1.84 bits per heavy atom. The second kappa shape index (κ2) is 6.90. The number of ether oxygens (including phenoxy) is 2. The van der Waals surface area contributed by atoms with Gasteiger partial charge in [0.1, 0.15) is 17.2 Å². The monoisotopic (exact) mass is 351 g/mol. The number of thiophene rings is 1. The minimum Gasteiger partial charge on any atom is -0.493 e. The lowest BCUT2D eigenvalue weighted by Crippen LogP contribution is -2.15. The Labute approximate surface area is 152 Å². The highest BCUT2D eigenvalue weighted by Gasteiger charge is 2.21. The normalized spacial score (nSPS) is 12.0. The number of nitrogens with zero attached hydrogens (tertiary/aromatic N) is 1. The maximum Gasteiger partial charge on any atom is 0.139 e. The largest absolute Gasteiger partial charge is 0.493 e. The first-order valence-corrected chi connectivity index (χ1v) is 9.37. The van der Waals surface area contributed by atoms with Crippen molar-refractivity contribution in [1.82, 2.24) is 4.90 Å². The van der Waals surface area contributed by atoms with Crippen LogP contribution in [0.1, 0.15) is 6.42 Å². The van der Waals surface area contributed by atoms with E-state index in [2.05, 4.69) is 48.6 Å². The molecule has 0 bridgehead atoms. The summed E-state index contributed by atoms with van der Waals surface area (Å²) in [4.78, 5) is 3.41. The highest BCUT2D eigenvalue weighted by molar-refractivity contribution is 7.14. The summed E-state index contributed by atoms with van der Waals surface area (Å²) < 4.78 is 12.2. The molecule has 4 rings (SSSR count). The van der Waals surface area contributed by atoms with Crippen molar-refractivity contribution in [3.05, 3.63) is 53.9 Å². The third kappa shape index (κ3) is 3.28. The summed E-state index contributed by atoms with van der Waals surface area (Å²) in [5.41, 5.74) is 3.50. The van der Waals surface area contributed by atoms with Crippen LogP contribution in [0.25, 0.3) is 21.6 Å². The molecule has 0 saturated heterocycles. The summed E-state index contributed by atoms with van der Waals surface area (Å²) in [7, 11) is 4.15. The molecule has 0 atom stereocenters. The van der Waals surface area contributed by atoms with Gasteiger partial charge in [-0.25, -0.2) is 0 Å². The van der Waals surface area contributed by atoms with E-state index in [9.17, 15) is 0 Å². The Morgan fingerprint density at radius 3 is 2.72 bits per heavy atom. The number of rotatable bonds is 5. The average molecular weight is 351 g/mol. The Bertz CT molecular complexity index is 885.